The molecule has 1 saturated heterocycles. The molecule has 1 aromatic heterocycles. The summed E-state index contributed by atoms with van der Waals surface area (Å²) in [6.45, 7) is 4.28. The Bertz CT molecular complexity index is 594. The van der Waals surface area contributed by atoms with Crippen LogP contribution in [0.15, 0.2) is 24.4 Å². The summed E-state index contributed by atoms with van der Waals surface area (Å²) in [6, 6.07) is 6.40. The van der Waals surface area contributed by atoms with Gasteiger partial charge in [-0.1, -0.05) is 6.07 Å². The summed E-state index contributed by atoms with van der Waals surface area (Å²) in [7, 11) is 0. The molecule has 1 aliphatic heterocycles. The molecule has 0 bridgehead atoms. The van der Waals surface area contributed by atoms with Gasteiger partial charge in [0, 0.05) is 23.0 Å². The Labute approximate surface area is 112 Å². The fraction of sp³-hybridized carbons (Fsp3) is 0.467. The van der Waals surface area contributed by atoms with Crippen LogP contribution in [0.1, 0.15) is 43.5 Å². The summed E-state index contributed by atoms with van der Waals surface area (Å²) < 4.78 is 0. The lowest BCUT2D eigenvalue weighted by molar-refractivity contribution is 0.0511. The van der Waals surface area contributed by atoms with Gasteiger partial charge in [0.2, 0.25) is 0 Å². The fourth-order valence-corrected chi connectivity index (χ4v) is 3.04. The largest absolute Gasteiger partial charge is 0.333 e. The fourth-order valence-electron chi connectivity index (χ4n) is 3.04. The number of aromatic amines is 1. The van der Waals surface area contributed by atoms with Crippen LogP contribution in [0, 0.1) is 0 Å². The second-order valence-electron chi connectivity index (χ2n) is 5.51. The molecule has 0 saturated carbocycles. The molecule has 19 heavy (non-hydrogen) atoms. The summed E-state index contributed by atoms with van der Waals surface area (Å²) in [5.41, 5.74) is 1.67. The van der Waals surface area contributed by atoms with E-state index in [-0.39, 0.29) is 5.91 Å². The molecule has 1 amide bonds. The third-order valence-corrected chi connectivity index (χ3v) is 4.12. The first-order chi connectivity index (χ1) is 9.16. The first-order valence-electron chi connectivity index (χ1n) is 6.92. The average Bonchev–Trinajstić information content (AvgIpc) is 2.85. The molecule has 100 valence electrons. The molecule has 1 aliphatic rings. The van der Waals surface area contributed by atoms with E-state index >= 15 is 0 Å². The number of H-pyrrole nitrogens is 1. The molecule has 0 spiro atoms. The number of hydrogen-bond acceptors (Lipinski definition) is 2. The highest BCUT2D eigenvalue weighted by molar-refractivity contribution is 5.98. The van der Waals surface area contributed by atoms with E-state index in [1.54, 1.807) is 6.20 Å². The van der Waals surface area contributed by atoms with Gasteiger partial charge in [0.25, 0.3) is 5.91 Å². The highest BCUT2D eigenvalue weighted by atomic mass is 16.2. The lowest BCUT2D eigenvalue weighted by Crippen LogP contribution is -2.47. The number of carbonyl (C=O) groups excluding carboxylic acids is 1. The predicted octanol–water partition coefficient (Wildman–Crippen LogP) is 2.97. The molecule has 0 aliphatic carbocycles. The van der Waals surface area contributed by atoms with Crippen molar-refractivity contribution in [2.75, 3.05) is 0 Å². The normalized spacial score (nSPS) is 23.8. The molecule has 1 fully saturated rings. The van der Waals surface area contributed by atoms with Crippen molar-refractivity contribution in [1.82, 2.24) is 15.1 Å². The Kier molecular flexibility index (Phi) is 3.01. The van der Waals surface area contributed by atoms with Crippen molar-refractivity contribution < 1.29 is 4.79 Å². The molecule has 0 unspecified atom stereocenters. The minimum Gasteiger partial charge on any atom is -0.333 e. The molecule has 4 heteroatoms. The maximum atomic E-state index is 12.7. The van der Waals surface area contributed by atoms with Gasteiger partial charge in [0.15, 0.2) is 0 Å². The molecule has 2 aromatic rings. The zero-order valence-corrected chi connectivity index (χ0v) is 11.4. The number of amides is 1. The maximum Gasteiger partial charge on any atom is 0.254 e. The highest BCUT2D eigenvalue weighted by Crippen LogP contribution is 2.25. The molecule has 2 atom stereocenters. The molecule has 4 nitrogen and oxygen atoms in total. The molecule has 3 rings (SSSR count). The van der Waals surface area contributed by atoms with Gasteiger partial charge in [0.05, 0.1) is 11.7 Å². The van der Waals surface area contributed by atoms with Gasteiger partial charge in [-0.3, -0.25) is 9.89 Å². The number of carbonyl (C=O) groups is 1. The van der Waals surface area contributed by atoms with Crippen LogP contribution in [0.3, 0.4) is 0 Å². The summed E-state index contributed by atoms with van der Waals surface area (Å²) in [5.74, 6) is 0.135. The Morgan fingerprint density at radius 2 is 2.05 bits per heavy atom. The van der Waals surface area contributed by atoms with Gasteiger partial charge in [0.1, 0.15) is 0 Å². The van der Waals surface area contributed by atoms with E-state index in [1.807, 2.05) is 23.1 Å². The third kappa shape index (κ3) is 2.11. The number of hydrogen-bond donors (Lipinski definition) is 1. The van der Waals surface area contributed by atoms with E-state index in [0.29, 0.717) is 12.1 Å². The van der Waals surface area contributed by atoms with Gasteiger partial charge < -0.3 is 4.90 Å². The van der Waals surface area contributed by atoms with Gasteiger partial charge in [-0.2, -0.15) is 5.10 Å². The first kappa shape index (κ1) is 12.2. The number of aromatic nitrogens is 2. The van der Waals surface area contributed by atoms with E-state index in [4.69, 9.17) is 0 Å². The van der Waals surface area contributed by atoms with Crippen LogP contribution < -0.4 is 0 Å². The van der Waals surface area contributed by atoms with E-state index in [0.717, 1.165) is 29.3 Å². The number of benzene rings is 1. The van der Waals surface area contributed by atoms with E-state index in [9.17, 15) is 4.79 Å². The van der Waals surface area contributed by atoms with E-state index in [2.05, 4.69) is 24.0 Å². The van der Waals surface area contributed by atoms with Crippen molar-refractivity contribution in [1.29, 1.82) is 0 Å². The molecule has 1 N–H and O–H groups in total. The highest BCUT2D eigenvalue weighted by Gasteiger charge is 2.29. The van der Waals surface area contributed by atoms with Crippen molar-refractivity contribution in [2.45, 2.75) is 45.2 Å². The molecule has 2 heterocycles. The number of nitrogens with one attached hydrogen (secondary N) is 1. The van der Waals surface area contributed by atoms with E-state index in [1.165, 1.54) is 6.42 Å². The molecule has 1 aromatic carbocycles. The zero-order chi connectivity index (χ0) is 13.4. The van der Waals surface area contributed by atoms with Gasteiger partial charge >= 0.3 is 0 Å². The monoisotopic (exact) mass is 257 g/mol. The Morgan fingerprint density at radius 3 is 2.79 bits per heavy atom. The third-order valence-electron chi connectivity index (χ3n) is 4.12. The topological polar surface area (TPSA) is 49.0 Å². The van der Waals surface area contributed by atoms with Gasteiger partial charge in [-0.25, -0.2) is 0 Å². The summed E-state index contributed by atoms with van der Waals surface area (Å²) in [5, 5.41) is 7.95. The SMILES string of the molecule is C[C@@H]1CCC[C@H](C)N1C(=O)c1ccc2cn[nH]c2c1. The van der Waals surface area contributed by atoms with Crippen LogP contribution in [0.5, 0.6) is 0 Å². The number of nitrogens with zero attached hydrogens (tertiary/aromatic N) is 2. The van der Waals surface area contributed by atoms with Crippen molar-refractivity contribution in [2.24, 2.45) is 0 Å². The maximum absolute atomic E-state index is 12.7. The first-order valence-corrected chi connectivity index (χ1v) is 6.92. The second kappa shape index (κ2) is 4.68. The molecular weight excluding hydrogens is 238 g/mol. The van der Waals surface area contributed by atoms with Crippen molar-refractivity contribution in [3.05, 3.63) is 30.0 Å². The lowest BCUT2D eigenvalue weighted by atomic mass is 9.96. The van der Waals surface area contributed by atoms with Crippen LogP contribution in [0.2, 0.25) is 0 Å². The zero-order valence-electron chi connectivity index (χ0n) is 11.4. The second-order valence-corrected chi connectivity index (χ2v) is 5.51. The van der Waals surface area contributed by atoms with Crippen LogP contribution in [0.4, 0.5) is 0 Å². The van der Waals surface area contributed by atoms with Crippen molar-refractivity contribution in [3.8, 4) is 0 Å². The number of piperidine rings is 1. The smallest absolute Gasteiger partial charge is 0.254 e. The predicted molar refractivity (Wildman–Crippen MR) is 75.0 cm³/mol. The number of fused-ring (bicyclic) bond motifs is 1. The number of rotatable bonds is 1. The standard InChI is InChI=1S/C15H19N3O/c1-10-4-3-5-11(2)18(10)15(19)12-6-7-13-9-16-17-14(13)8-12/h6-11H,3-5H2,1-2H3,(H,16,17)/t10-,11+. The number of likely N-dealkylation sites (tertiary alicyclic amines) is 1. The van der Waals surface area contributed by atoms with Crippen LogP contribution >= 0.6 is 0 Å². The summed E-state index contributed by atoms with van der Waals surface area (Å²) in [4.78, 5) is 14.7. The minimum atomic E-state index is 0.135. The quantitative estimate of drug-likeness (QED) is 0.853. The van der Waals surface area contributed by atoms with Crippen molar-refractivity contribution in [3.63, 3.8) is 0 Å². The molecule has 0 radical (unpaired) electrons. The summed E-state index contributed by atoms with van der Waals surface area (Å²) >= 11 is 0. The van der Waals surface area contributed by atoms with Crippen molar-refractivity contribution >= 4 is 16.8 Å². The minimum absolute atomic E-state index is 0.135. The summed E-state index contributed by atoms with van der Waals surface area (Å²) in [6.07, 6.45) is 5.19. The van der Waals surface area contributed by atoms with Gasteiger partial charge in [-0.15, -0.1) is 0 Å². The Morgan fingerprint density at radius 1 is 1.32 bits per heavy atom. The Hall–Kier alpha value is -1.84. The van der Waals surface area contributed by atoms with Crippen LogP contribution in [0.25, 0.3) is 10.9 Å². The lowest BCUT2D eigenvalue weighted by Gasteiger charge is -2.39. The molecular formula is C15H19N3O. The van der Waals surface area contributed by atoms with Crippen LogP contribution in [-0.4, -0.2) is 33.1 Å². The Balaban J connectivity index is 1.93. The van der Waals surface area contributed by atoms with Crippen LogP contribution in [-0.2, 0) is 0 Å². The average molecular weight is 257 g/mol. The van der Waals surface area contributed by atoms with E-state index < -0.39 is 0 Å². The van der Waals surface area contributed by atoms with Gasteiger partial charge in [-0.05, 0) is 45.2 Å².